The molecule has 0 aliphatic rings. The fourth-order valence-electron chi connectivity index (χ4n) is 12.3. The number of nitrogens with one attached hydrogen (secondary N) is 1. The first-order valence-electron chi connectivity index (χ1n) is 38.7. The van der Waals surface area contributed by atoms with Gasteiger partial charge in [0.15, 0.2) is 0 Å². The van der Waals surface area contributed by atoms with E-state index in [2.05, 4.69) is 55.6 Å². The number of aliphatic hydroxyl groups is 2. The van der Waals surface area contributed by atoms with Crippen molar-refractivity contribution < 1.29 is 24.5 Å². The van der Waals surface area contributed by atoms with Crippen LogP contribution in [0.25, 0.3) is 0 Å². The number of carbonyl (C=O) groups excluding carboxylic acids is 2. The molecule has 0 saturated heterocycles. The third kappa shape index (κ3) is 71.0. The maximum atomic E-state index is 12.5. The Balaban J connectivity index is 3.34. The Bertz CT molecular complexity index is 1380. The van der Waals surface area contributed by atoms with Crippen LogP contribution in [0.4, 0.5) is 0 Å². The molecule has 0 aromatic carbocycles. The highest BCUT2D eigenvalue weighted by Gasteiger charge is 2.20. The van der Waals surface area contributed by atoms with Crippen LogP contribution >= 0.6 is 0 Å². The quantitative estimate of drug-likeness (QED) is 0.0320. The number of aliphatic hydroxyl groups excluding tert-OH is 2. The largest absolute Gasteiger partial charge is 0.466 e. The summed E-state index contributed by atoms with van der Waals surface area (Å²) in [5.74, 6) is -0.0163. The van der Waals surface area contributed by atoms with E-state index in [1.54, 1.807) is 0 Å². The standard InChI is InChI=1S/C79H151NO5/c1-3-5-7-9-11-13-15-17-18-45-49-53-57-61-65-69-73-79(84)85-74-70-66-62-58-54-50-46-43-41-39-37-35-33-31-29-27-25-23-21-19-20-22-24-26-28-30-32-34-36-38-40-42-44-48-52-56-60-64-68-72-78(83)80-76(75-81)77(82)71-67-63-59-55-51-47-16-14-12-10-8-6-4-2/h18-20,23,25,45,76-77,81-82H,3-17,21-22,24,26-44,46-75H2,1-2H3,(H,80,83)/b20-19-,25-23-,45-18-. The molecule has 2 unspecified atom stereocenters. The Morgan fingerprint density at radius 2 is 0.588 bits per heavy atom. The molecule has 85 heavy (non-hydrogen) atoms. The van der Waals surface area contributed by atoms with Crippen molar-refractivity contribution in [2.75, 3.05) is 13.2 Å². The molecular formula is C79H151NO5. The van der Waals surface area contributed by atoms with E-state index >= 15 is 0 Å². The molecule has 0 fully saturated rings. The minimum absolute atomic E-state index is 0.0135. The number of amides is 1. The fraction of sp³-hybridized carbons (Fsp3) is 0.899. The summed E-state index contributed by atoms with van der Waals surface area (Å²) in [5, 5.41) is 23.3. The molecule has 502 valence electrons. The van der Waals surface area contributed by atoms with Gasteiger partial charge in [-0.1, -0.05) is 371 Å². The molecule has 0 aromatic rings. The number of rotatable bonds is 73. The molecule has 6 nitrogen and oxygen atoms in total. The fourth-order valence-corrected chi connectivity index (χ4v) is 12.3. The second-order valence-electron chi connectivity index (χ2n) is 26.7. The molecule has 0 aliphatic heterocycles. The first-order valence-corrected chi connectivity index (χ1v) is 38.7. The summed E-state index contributed by atoms with van der Waals surface area (Å²) in [7, 11) is 0. The van der Waals surface area contributed by atoms with Gasteiger partial charge in [-0.05, 0) is 83.5 Å². The first-order chi connectivity index (χ1) is 42.0. The predicted octanol–water partition coefficient (Wildman–Crippen LogP) is 25.4. The van der Waals surface area contributed by atoms with Crippen LogP contribution in [-0.4, -0.2) is 47.4 Å². The van der Waals surface area contributed by atoms with Crippen molar-refractivity contribution in [1.29, 1.82) is 0 Å². The average molecular weight is 1200 g/mol. The van der Waals surface area contributed by atoms with Gasteiger partial charge in [0, 0.05) is 12.8 Å². The van der Waals surface area contributed by atoms with Gasteiger partial charge < -0.3 is 20.3 Å². The van der Waals surface area contributed by atoms with Gasteiger partial charge in [-0.15, -0.1) is 0 Å². The molecule has 0 aromatic heterocycles. The van der Waals surface area contributed by atoms with Crippen molar-refractivity contribution in [3.63, 3.8) is 0 Å². The minimum Gasteiger partial charge on any atom is -0.466 e. The highest BCUT2D eigenvalue weighted by atomic mass is 16.5. The van der Waals surface area contributed by atoms with Crippen LogP contribution in [-0.2, 0) is 14.3 Å². The lowest BCUT2D eigenvalue weighted by Crippen LogP contribution is -2.45. The maximum Gasteiger partial charge on any atom is 0.305 e. The van der Waals surface area contributed by atoms with Crippen LogP contribution in [0.3, 0.4) is 0 Å². The molecule has 1 amide bonds. The molecule has 0 aliphatic carbocycles. The van der Waals surface area contributed by atoms with E-state index < -0.39 is 12.1 Å². The Kier molecular flexibility index (Phi) is 72.9. The third-order valence-corrected chi connectivity index (χ3v) is 18.2. The number of hydrogen-bond acceptors (Lipinski definition) is 5. The number of allylic oxidation sites excluding steroid dienone is 6. The van der Waals surface area contributed by atoms with Crippen molar-refractivity contribution >= 4 is 11.9 Å². The Hall–Kier alpha value is -1.92. The van der Waals surface area contributed by atoms with E-state index in [0.29, 0.717) is 25.9 Å². The van der Waals surface area contributed by atoms with Crippen molar-refractivity contribution in [2.45, 2.75) is 443 Å². The predicted molar refractivity (Wildman–Crippen MR) is 375 cm³/mol. The zero-order valence-electron chi connectivity index (χ0n) is 57.6. The lowest BCUT2D eigenvalue weighted by molar-refractivity contribution is -0.143. The van der Waals surface area contributed by atoms with Crippen LogP contribution < -0.4 is 5.32 Å². The molecule has 0 bridgehead atoms. The van der Waals surface area contributed by atoms with Crippen LogP contribution in [0.1, 0.15) is 431 Å². The number of carbonyl (C=O) groups is 2. The van der Waals surface area contributed by atoms with Crippen LogP contribution in [0.2, 0.25) is 0 Å². The first kappa shape index (κ1) is 83.1. The highest BCUT2D eigenvalue weighted by molar-refractivity contribution is 5.76. The Labute approximate surface area is 532 Å². The Morgan fingerprint density at radius 1 is 0.329 bits per heavy atom. The lowest BCUT2D eigenvalue weighted by Gasteiger charge is -2.22. The highest BCUT2D eigenvalue weighted by Crippen LogP contribution is 2.19. The molecule has 0 radical (unpaired) electrons. The summed E-state index contributed by atoms with van der Waals surface area (Å²) in [6.45, 7) is 4.98. The molecule has 6 heteroatoms. The van der Waals surface area contributed by atoms with Crippen molar-refractivity contribution in [3.05, 3.63) is 36.5 Å². The zero-order valence-corrected chi connectivity index (χ0v) is 57.6. The number of unbranched alkanes of at least 4 members (excludes halogenated alkanes) is 56. The van der Waals surface area contributed by atoms with E-state index in [1.807, 2.05) is 0 Å². The van der Waals surface area contributed by atoms with Gasteiger partial charge >= 0.3 is 5.97 Å². The van der Waals surface area contributed by atoms with E-state index in [0.717, 1.165) is 51.4 Å². The van der Waals surface area contributed by atoms with Gasteiger partial charge in [0.1, 0.15) is 0 Å². The molecule has 0 saturated carbocycles. The molecule has 0 heterocycles. The SMILES string of the molecule is CCCCCCCCC/C=C\CCCCCCCC(=O)OCCCCCCCCCCCCCCCCC/C=C\C/C=C\CCCCCCCCCCCCCCCCCCCC(=O)NC(CO)C(O)CCCCCCCCCCCCCCC. The number of ether oxygens (including phenoxy) is 1. The van der Waals surface area contributed by atoms with Crippen molar-refractivity contribution in [1.82, 2.24) is 5.32 Å². The van der Waals surface area contributed by atoms with Gasteiger partial charge in [-0.25, -0.2) is 0 Å². The summed E-state index contributed by atoms with van der Waals surface area (Å²) in [5.41, 5.74) is 0. The summed E-state index contributed by atoms with van der Waals surface area (Å²) in [6.07, 6.45) is 96.7. The van der Waals surface area contributed by atoms with E-state index in [4.69, 9.17) is 4.74 Å². The van der Waals surface area contributed by atoms with Gasteiger partial charge in [0.25, 0.3) is 0 Å². The van der Waals surface area contributed by atoms with Gasteiger partial charge in [-0.3, -0.25) is 9.59 Å². The van der Waals surface area contributed by atoms with Gasteiger partial charge in [0.05, 0.1) is 25.4 Å². The van der Waals surface area contributed by atoms with Crippen LogP contribution in [0.5, 0.6) is 0 Å². The topological polar surface area (TPSA) is 95.9 Å². The molecule has 2 atom stereocenters. The number of esters is 1. The van der Waals surface area contributed by atoms with Gasteiger partial charge in [0.2, 0.25) is 5.91 Å². The van der Waals surface area contributed by atoms with E-state index in [1.165, 1.54) is 347 Å². The number of hydrogen-bond donors (Lipinski definition) is 3. The second kappa shape index (κ2) is 74.5. The van der Waals surface area contributed by atoms with Crippen LogP contribution in [0, 0.1) is 0 Å². The molecule has 0 rings (SSSR count). The van der Waals surface area contributed by atoms with Gasteiger partial charge in [-0.2, -0.15) is 0 Å². The Morgan fingerprint density at radius 3 is 0.906 bits per heavy atom. The monoisotopic (exact) mass is 1190 g/mol. The molecular weight excluding hydrogens is 1040 g/mol. The maximum absolute atomic E-state index is 12.5. The van der Waals surface area contributed by atoms with E-state index in [9.17, 15) is 19.8 Å². The molecule has 3 N–H and O–H groups in total. The third-order valence-electron chi connectivity index (χ3n) is 18.2. The van der Waals surface area contributed by atoms with Crippen molar-refractivity contribution in [2.24, 2.45) is 0 Å². The van der Waals surface area contributed by atoms with E-state index in [-0.39, 0.29) is 18.5 Å². The normalized spacial score (nSPS) is 12.7. The molecule has 0 spiro atoms. The van der Waals surface area contributed by atoms with Crippen LogP contribution in [0.15, 0.2) is 36.5 Å². The summed E-state index contributed by atoms with van der Waals surface area (Å²) < 4.78 is 5.50. The second-order valence-corrected chi connectivity index (χ2v) is 26.7. The lowest BCUT2D eigenvalue weighted by atomic mass is 10.0. The summed E-state index contributed by atoms with van der Waals surface area (Å²) in [4.78, 5) is 24.6. The summed E-state index contributed by atoms with van der Waals surface area (Å²) in [6, 6.07) is -0.538. The van der Waals surface area contributed by atoms with Crippen molar-refractivity contribution in [3.8, 4) is 0 Å². The minimum atomic E-state index is -0.661. The zero-order chi connectivity index (χ0) is 61.3. The smallest absolute Gasteiger partial charge is 0.305 e. The summed E-state index contributed by atoms with van der Waals surface area (Å²) >= 11 is 0. The average Bonchev–Trinajstić information content (AvgIpc) is 3.51.